The standard InChI is InChI=1S/C3H11NS/c1-5(2,3)4/h4H2,1-3H3. The van der Waals surface area contributed by atoms with Crippen molar-refractivity contribution in [1.29, 1.82) is 0 Å². The summed E-state index contributed by atoms with van der Waals surface area (Å²) in [4.78, 5) is 0. The predicted molar refractivity (Wildman–Crippen MR) is 29.6 cm³/mol. The Morgan fingerprint density at radius 3 is 1.20 bits per heavy atom. The van der Waals surface area contributed by atoms with Crippen LogP contribution in [0.1, 0.15) is 0 Å². The third-order valence-corrected chi connectivity index (χ3v) is 0. The largest absolute Gasteiger partial charge is 0.295 e. The van der Waals surface area contributed by atoms with E-state index in [2.05, 4.69) is 0 Å². The fraction of sp³-hybridized carbons (Fsp3) is 1.00. The highest BCUT2D eigenvalue weighted by Crippen LogP contribution is 2.21. The molecule has 0 aromatic carbocycles. The van der Waals surface area contributed by atoms with Gasteiger partial charge in [0.25, 0.3) is 0 Å². The first kappa shape index (κ1) is 5.31. The van der Waals surface area contributed by atoms with Crippen LogP contribution in [0.2, 0.25) is 0 Å². The lowest BCUT2D eigenvalue weighted by molar-refractivity contribution is 1.85. The average Bonchev–Trinajstić information content (AvgIpc) is 0.722. The molecule has 34 valence electrons. The predicted octanol–water partition coefficient (Wildman–Crippen LogP) is 0.554. The van der Waals surface area contributed by atoms with Gasteiger partial charge in [0.05, 0.1) is 0 Å². The molecule has 0 aliphatic carbocycles. The lowest BCUT2D eigenvalue weighted by atomic mass is 11.9. The molecular weight excluding hydrogens is 82.1 g/mol. The summed E-state index contributed by atoms with van der Waals surface area (Å²) < 4.78 is 0. The summed E-state index contributed by atoms with van der Waals surface area (Å²) in [6, 6.07) is 0. The van der Waals surface area contributed by atoms with Gasteiger partial charge in [-0.1, -0.05) is 0 Å². The van der Waals surface area contributed by atoms with Crippen LogP contribution in [0, 0.1) is 0 Å². The number of hydrogen-bond donors (Lipinski definition) is 1. The van der Waals surface area contributed by atoms with E-state index in [4.69, 9.17) is 5.14 Å². The smallest absolute Gasteiger partial charge is 0.0234 e. The highest BCUT2D eigenvalue weighted by Gasteiger charge is 1.86. The molecule has 2 heteroatoms. The summed E-state index contributed by atoms with van der Waals surface area (Å²) in [6.45, 7) is 0. The van der Waals surface area contributed by atoms with Gasteiger partial charge in [-0.2, -0.15) is 0 Å². The van der Waals surface area contributed by atoms with Gasteiger partial charge in [0.1, 0.15) is 0 Å². The van der Waals surface area contributed by atoms with Gasteiger partial charge in [-0.15, -0.1) is 0 Å². The summed E-state index contributed by atoms with van der Waals surface area (Å²) in [6.07, 6.45) is 6.15. The van der Waals surface area contributed by atoms with Crippen LogP contribution in [0.25, 0.3) is 0 Å². The van der Waals surface area contributed by atoms with Crippen LogP contribution in [0.4, 0.5) is 0 Å². The zero-order valence-corrected chi connectivity index (χ0v) is 4.80. The maximum atomic E-state index is 5.44. The van der Waals surface area contributed by atoms with Gasteiger partial charge in [0, 0.05) is 0 Å². The maximum Gasteiger partial charge on any atom is -0.0234 e. The Kier molecular flexibility index (Phi) is 1.26. The van der Waals surface area contributed by atoms with Crippen molar-refractivity contribution in [3.63, 3.8) is 0 Å². The summed E-state index contributed by atoms with van der Waals surface area (Å²) in [5.41, 5.74) is 0. The van der Waals surface area contributed by atoms with E-state index in [1.165, 1.54) is 0 Å². The second-order valence-electron chi connectivity index (χ2n) is 1.93. The third-order valence-electron chi connectivity index (χ3n) is 0. The van der Waals surface area contributed by atoms with Gasteiger partial charge in [0.2, 0.25) is 0 Å². The molecule has 2 N–H and O–H groups in total. The summed E-state index contributed by atoms with van der Waals surface area (Å²) >= 11 is 0. The molecule has 0 unspecified atom stereocenters. The first-order chi connectivity index (χ1) is 2.00. The van der Waals surface area contributed by atoms with Crippen LogP contribution < -0.4 is 5.14 Å². The van der Waals surface area contributed by atoms with E-state index in [0.29, 0.717) is 0 Å². The SMILES string of the molecule is CS(C)(C)N. The fourth-order valence-electron chi connectivity index (χ4n) is 0. The topological polar surface area (TPSA) is 26.0 Å². The highest BCUT2D eigenvalue weighted by atomic mass is 32.3. The molecule has 0 radical (unpaired) electrons. The molecule has 0 aliphatic rings. The zero-order valence-electron chi connectivity index (χ0n) is 3.99. The van der Waals surface area contributed by atoms with Crippen molar-refractivity contribution in [2.24, 2.45) is 5.14 Å². The Morgan fingerprint density at radius 1 is 1.20 bits per heavy atom. The highest BCUT2D eigenvalue weighted by molar-refractivity contribution is 8.30. The molecule has 0 aromatic rings. The Morgan fingerprint density at radius 2 is 1.20 bits per heavy atom. The minimum atomic E-state index is -0.667. The van der Waals surface area contributed by atoms with Gasteiger partial charge >= 0.3 is 0 Å². The number of hydrogen-bond acceptors (Lipinski definition) is 1. The molecule has 0 rings (SSSR count). The zero-order chi connectivity index (χ0) is 4.50. The van der Waals surface area contributed by atoms with E-state index in [1.807, 2.05) is 18.8 Å². The van der Waals surface area contributed by atoms with Crippen molar-refractivity contribution in [1.82, 2.24) is 0 Å². The number of nitrogens with two attached hydrogens (primary N) is 1. The average molecular weight is 93.2 g/mol. The molecule has 0 heterocycles. The first-order valence-corrected chi connectivity index (χ1v) is 4.38. The van der Waals surface area contributed by atoms with E-state index >= 15 is 0 Å². The molecule has 0 saturated heterocycles. The van der Waals surface area contributed by atoms with Crippen LogP contribution in [0.5, 0.6) is 0 Å². The van der Waals surface area contributed by atoms with Crippen LogP contribution in [-0.4, -0.2) is 18.8 Å². The first-order valence-electron chi connectivity index (χ1n) is 1.46. The van der Waals surface area contributed by atoms with E-state index in [1.54, 1.807) is 0 Å². The van der Waals surface area contributed by atoms with Crippen LogP contribution >= 0.6 is 10.2 Å². The quantitative estimate of drug-likeness (QED) is 0.465. The molecule has 0 atom stereocenters. The molecule has 5 heavy (non-hydrogen) atoms. The Balaban J connectivity index is 3.02. The van der Waals surface area contributed by atoms with Crippen LogP contribution in [0.3, 0.4) is 0 Å². The van der Waals surface area contributed by atoms with Gasteiger partial charge in [-0.05, 0) is 18.8 Å². The molecule has 0 saturated carbocycles. The third kappa shape index (κ3) is 239. The summed E-state index contributed by atoms with van der Waals surface area (Å²) in [5.74, 6) is 0. The van der Waals surface area contributed by atoms with Crippen molar-refractivity contribution in [2.45, 2.75) is 0 Å². The molecule has 0 amide bonds. The fourth-order valence-corrected chi connectivity index (χ4v) is 0. The van der Waals surface area contributed by atoms with Gasteiger partial charge < -0.3 is 0 Å². The molecular formula is C3H11NS. The van der Waals surface area contributed by atoms with Gasteiger partial charge in [-0.3, -0.25) is 5.14 Å². The molecule has 1 nitrogen and oxygen atoms in total. The van der Waals surface area contributed by atoms with E-state index < -0.39 is 10.2 Å². The minimum Gasteiger partial charge on any atom is -0.295 e. The summed E-state index contributed by atoms with van der Waals surface area (Å²) in [5, 5.41) is 5.44. The Labute approximate surface area is 35.0 Å². The van der Waals surface area contributed by atoms with Crippen molar-refractivity contribution < 1.29 is 0 Å². The van der Waals surface area contributed by atoms with Crippen molar-refractivity contribution >= 4 is 10.2 Å². The monoisotopic (exact) mass is 93.1 g/mol. The van der Waals surface area contributed by atoms with Crippen molar-refractivity contribution in [3.05, 3.63) is 0 Å². The van der Waals surface area contributed by atoms with Crippen molar-refractivity contribution in [2.75, 3.05) is 18.8 Å². The van der Waals surface area contributed by atoms with Gasteiger partial charge in [-0.25, -0.2) is 10.2 Å². The van der Waals surface area contributed by atoms with E-state index in [-0.39, 0.29) is 0 Å². The number of rotatable bonds is 0. The lowest BCUT2D eigenvalue weighted by Gasteiger charge is -2.15. The van der Waals surface area contributed by atoms with E-state index in [0.717, 1.165) is 0 Å². The molecule has 0 aliphatic heterocycles. The normalized spacial score (nSPS) is 15.2. The molecule has 0 aromatic heterocycles. The second kappa shape index (κ2) is 1.19. The lowest BCUT2D eigenvalue weighted by Crippen LogP contribution is -2.01. The second-order valence-corrected chi connectivity index (χ2v) is 5.80. The maximum absolute atomic E-state index is 5.44. The Bertz CT molecular complexity index is 22.4. The Hall–Kier alpha value is 0.310. The molecule has 0 bridgehead atoms. The van der Waals surface area contributed by atoms with Crippen LogP contribution in [0.15, 0.2) is 0 Å². The molecule has 0 spiro atoms. The minimum absolute atomic E-state index is 0.667. The molecule has 0 fully saturated rings. The van der Waals surface area contributed by atoms with Gasteiger partial charge in [0.15, 0.2) is 0 Å². The van der Waals surface area contributed by atoms with E-state index in [9.17, 15) is 0 Å². The van der Waals surface area contributed by atoms with Crippen LogP contribution in [-0.2, 0) is 0 Å². The summed E-state index contributed by atoms with van der Waals surface area (Å²) in [7, 11) is -0.667. The van der Waals surface area contributed by atoms with Crippen molar-refractivity contribution in [3.8, 4) is 0 Å².